The molecule has 10 heteroatoms. The largest absolute Gasteiger partial charge is 0.446 e. The summed E-state index contributed by atoms with van der Waals surface area (Å²) in [7, 11) is 0. The number of carbonyl (C=O) groups excluding carboxylic acids is 1. The molecule has 3 N–H and O–H groups in total. The Morgan fingerprint density at radius 1 is 1.00 bits per heavy atom. The molecule has 2 spiro atoms. The van der Waals surface area contributed by atoms with Crippen molar-refractivity contribution in [1.82, 2.24) is 15.1 Å². The maximum atomic E-state index is 13.2. The lowest BCUT2D eigenvalue weighted by Crippen LogP contribution is -2.60. The molecule has 1 amide bonds. The van der Waals surface area contributed by atoms with Crippen LogP contribution in [0.4, 0.5) is 4.79 Å². The molecule has 3 saturated heterocycles. The van der Waals surface area contributed by atoms with E-state index in [1.165, 1.54) is 12.8 Å². The predicted molar refractivity (Wildman–Crippen MR) is 199 cm³/mol. The molecule has 0 aromatic carbocycles. The van der Waals surface area contributed by atoms with Gasteiger partial charge in [0.1, 0.15) is 12.2 Å². The predicted octanol–water partition coefficient (Wildman–Crippen LogP) is 5.09. The molecule has 10 nitrogen and oxygen atoms in total. The summed E-state index contributed by atoms with van der Waals surface area (Å²) in [6.07, 6.45) is 6.87. The third-order valence-electron chi connectivity index (χ3n) is 17.6. The molecule has 0 aromatic heterocycles. The van der Waals surface area contributed by atoms with Gasteiger partial charge in [0, 0.05) is 56.7 Å². The summed E-state index contributed by atoms with van der Waals surface area (Å²) in [6, 6.07) is 0.598. The second kappa shape index (κ2) is 13.0. The molecular formula is C42H71N3O7. The maximum Gasteiger partial charge on any atom is 0.407 e. The summed E-state index contributed by atoms with van der Waals surface area (Å²) >= 11 is 0. The Kier molecular flexibility index (Phi) is 9.49. The van der Waals surface area contributed by atoms with E-state index in [0.29, 0.717) is 36.9 Å². The van der Waals surface area contributed by atoms with Gasteiger partial charge in [-0.2, -0.15) is 0 Å². The number of hydrogen-bond acceptors (Lipinski definition) is 9. The Morgan fingerprint density at radius 3 is 2.35 bits per heavy atom. The number of rotatable bonds is 9. The van der Waals surface area contributed by atoms with Crippen LogP contribution in [0.5, 0.6) is 0 Å². The van der Waals surface area contributed by atoms with E-state index in [1.807, 2.05) is 20.8 Å². The molecule has 13 unspecified atom stereocenters. The van der Waals surface area contributed by atoms with Gasteiger partial charge < -0.3 is 34.5 Å². The number of aliphatic hydroxyl groups is 2. The van der Waals surface area contributed by atoms with E-state index in [2.05, 4.69) is 49.7 Å². The number of ether oxygens (including phenoxy) is 4. The van der Waals surface area contributed by atoms with E-state index >= 15 is 0 Å². The SMILES string of the molecule is CCOC(C1CC(C)C2C(O1)C(O)C1(C)C3CCC4C(C)(C)C(OC(=O)NCCN5CCN(C6COC6)CC5)CCC45CC35CCC21C)C(C)(C)O. The first-order valence-electron chi connectivity index (χ1n) is 21.2. The minimum atomic E-state index is -1.03. The molecule has 0 aromatic rings. The van der Waals surface area contributed by atoms with Crippen LogP contribution < -0.4 is 5.32 Å². The van der Waals surface area contributed by atoms with Crippen molar-refractivity contribution in [2.45, 2.75) is 149 Å². The number of alkyl carbamates (subject to hydrolysis) is 1. The van der Waals surface area contributed by atoms with Gasteiger partial charge in [0.2, 0.25) is 0 Å². The zero-order valence-corrected chi connectivity index (χ0v) is 33.6. The van der Waals surface area contributed by atoms with Crippen LogP contribution >= 0.6 is 0 Å². The first-order chi connectivity index (χ1) is 24.5. The molecule has 3 heterocycles. The van der Waals surface area contributed by atoms with Gasteiger partial charge in [-0.05, 0) is 112 Å². The molecule has 52 heavy (non-hydrogen) atoms. The van der Waals surface area contributed by atoms with Gasteiger partial charge in [0.25, 0.3) is 0 Å². The van der Waals surface area contributed by atoms with Crippen LogP contribution in [0.3, 0.4) is 0 Å². The van der Waals surface area contributed by atoms with E-state index in [9.17, 15) is 15.0 Å². The van der Waals surface area contributed by atoms with Gasteiger partial charge >= 0.3 is 6.09 Å². The second-order valence-electron chi connectivity index (χ2n) is 20.5. The zero-order chi connectivity index (χ0) is 37.1. The summed E-state index contributed by atoms with van der Waals surface area (Å²) < 4.78 is 24.8. The van der Waals surface area contributed by atoms with Crippen LogP contribution in [-0.2, 0) is 18.9 Å². The number of piperazine rings is 1. The lowest BCUT2D eigenvalue weighted by atomic mass is 9.41. The fraction of sp³-hybridized carbons (Fsp3) is 0.976. The molecule has 5 aliphatic carbocycles. The van der Waals surface area contributed by atoms with Crippen LogP contribution in [0, 0.1) is 50.7 Å². The molecule has 3 aliphatic heterocycles. The number of amides is 1. The molecule has 296 valence electrons. The van der Waals surface area contributed by atoms with Crippen LogP contribution in [0.25, 0.3) is 0 Å². The maximum absolute atomic E-state index is 13.2. The molecule has 8 fully saturated rings. The highest BCUT2D eigenvalue weighted by molar-refractivity contribution is 5.67. The minimum Gasteiger partial charge on any atom is -0.446 e. The summed E-state index contributed by atoms with van der Waals surface area (Å²) in [4.78, 5) is 18.2. The van der Waals surface area contributed by atoms with Crippen molar-refractivity contribution in [2.24, 2.45) is 50.7 Å². The summed E-state index contributed by atoms with van der Waals surface area (Å²) in [5, 5.41) is 26.8. The van der Waals surface area contributed by atoms with Gasteiger partial charge in [-0.25, -0.2) is 4.79 Å². The highest BCUT2D eigenvalue weighted by atomic mass is 16.6. The monoisotopic (exact) mass is 730 g/mol. The average Bonchev–Trinajstić information content (AvgIpc) is 3.69. The molecule has 0 radical (unpaired) electrons. The fourth-order valence-corrected chi connectivity index (χ4v) is 14.9. The lowest BCUT2D eigenvalue weighted by molar-refractivity contribution is -0.215. The molecular weight excluding hydrogens is 658 g/mol. The van der Waals surface area contributed by atoms with Crippen molar-refractivity contribution in [3.8, 4) is 0 Å². The van der Waals surface area contributed by atoms with Gasteiger partial charge in [0.15, 0.2) is 0 Å². The highest BCUT2D eigenvalue weighted by Crippen LogP contribution is 2.89. The average molecular weight is 730 g/mol. The van der Waals surface area contributed by atoms with Crippen LogP contribution in [0.2, 0.25) is 0 Å². The standard InChI is InChI=1S/C42H71N3O7/c1-9-50-35(38(5,6)48)28-22-26(2)32-33(51-28)34(46)40(8)30-11-10-29-37(3,4)31(12-13-41(29)25-42(30,41)15-14-39(32,40)7)52-36(47)43-16-17-44-18-20-45(21-19-44)27-23-49-24-27/h26-35,46,48H,9-25H2,1-8H3,(H,43,47). The Labute approximate surface area is 313 Å². The smallest absolute Gasteiger partial charge is 0.407 e. The number of nitrogens with zero attached hydrogens (tertiary/aromatic N) is 2. The number of aliphatic hydroxyl groups excluding tert-OH is 1. The fourth-order valence-electron chi connectivity index (χ4n) is 14.9. The summed E-state index contributed by atoms with van der Waals surface area (Å²) in [5.41, 5.74) is -0.899. The second-order valence-corrected chi connectivity index (χ2v) is 20.5. The summed E-state index contributed by atoms with van der Waals surface area (Å²) in [6.45, 7) is 25.6. The highest BCUT2D eigenvalue weighted by Gasteiger charge is 2.84. The van der Waals surface area contributed by atoms with E-state index in [4.69, 9.17) is 18.9 Å². The van der Waals surface area contributed by atoms with E-state index in [-0.39, 0.29) is 57.4 Å². The third kappa shape index (κ3) is 5.44. The number of fused-ring (bicyclic) bond motifs is 4. The van der Waals surface area contributed by atoms with Crippen molar-refractivity contribution < 1.29 is 34.0 Å². The molecule has 8 rings (SSSR count). The van der Waals surface area contributed by atoms with Gasteiger partial charge in [-0.3, -0.25) is 9.80 Å². The van der Waals surface area contributed by atoms with Gasteiger partial charge in [0.05, 0.1) is 43.2 Å². The van der Waals surface area contributed by atoms with Gasteiger partial charge in [-0.15, -0.1) is 0 Å². The Balaban J connectivity index is 0.922. The molecule has 0 bridgehead atoms. The topological polar surface area (TPSA) is 113 Å². The first-order valence-corrected chi connectivity index (χ1v) is 21.2. The first kappa shape index (κ1) is 37.9. The summed E-state index contributed by atoms with van der Waals surface area (Å²) in [5.74, 6) is 1.60. The van der Waals surface area contributed by atoms with Crippen molar-refractivity contribution >= 4 is 6.09 Å². The Morgan fingerprint density at radius 2 is 1.69 bits per heavy atom. The van der Waals surface area contributed by atoms with Crippen molar-refractivity contribution in [1.29, 1.82) is 0 Å². The Bertz CT molecular complexity index is 1340. The quantitative estimate of drug-likeness (QED) is 0.299. The minimum absolute atomic E-state index is 0.0170. The molecule has 8 aliphatic rings. The van der Waals surface area contributed by atoms with E-state index < -0.39 is 17.8 Å². The normalized spacial score (nSPS) is 47.9. The van der Waals surface area contributed by atoms with Crippen molar-refractivity contribution in [3.05, 3.63) is 0 Å². The van der Waals surface area contributed by atoms with Crippen LogP contribution in [-0.4, -0.2) is 127 Å². The van der Waals surface area contributed by atoms with Crippen LogP contribution in [0.1, 0.15) is 107 Å². The number of hydrogen-bond donors (Lipinski definition) is 3. The van der Waals surface area contributed by atoms with Crippen molar-refractivity contribution in [2.75, 3.05) is 59.1 Å². The number of carbonyl (C=O) groups is 1. The third-order valence-corrected chi connectivity index (χ3v) is 17.6. The number of nitrogens with one attached hydrogen (secondary N) is 1. The molecule has 13 atom stereocenters. The van der Waals surface area contributed by atoms with Crippen molar-refractivity contribution in [3.63, 3.8) is 0 Å². The molecule has 5 saturated carbocycles. The zero-order valence-electron chi connectivity index (χ0n) is 33.6. The lowest BCUT2D eigenvalue weighted by Gasteiger charge is -2.63. The van der Waals surface area contributed by atoms with Crippen LogP contribution in [0.15, 0.2) is 0 Å². The Hall–Kier alpha value is -1.01. The van der Waals surface area contributed by atoms with E-state index in [1.54, 1.807) is 0 Å². The van der Waals surface area contributed by atoms with Gasteiger partial charge in [-0.1, -0.05) is 34.6 Å². The van der Waals surface area contributed by atoms with E-state index in [0.717, 1.165) is 84.5 Å².